The summed E-state index contributed by atoms with van der Waals surface area (Å²) < 4.78 is 18.8. The van der Waals surface area contributed by atoms with Crippen molar-refractivity contribution in [1.82, 2.24) is 0 Å². The molecule has 0 bridgehead atoms. The number of benzene rings is 2. The lowest BCUT2D eigenvalue weighted by molar-refractivity contribution is 0.390. The van der Waals surface area contributed by atoms with Crippen molar-refractivity contribution in [3.05, 3.63) is 47.5 Å². The number of para-hydroxylation sites is 1. The number of hydrogen-bond acceptors (Lipinski definition) is 2. The van der Waals surface area contributed by atoms with Gasteiger partial charge in [-0.05, 0) is 46.9 Å². The van der Waals surface area contributed by atoms with Gasteiger partial charge in [-0.25, -0.2) is 4.57 Å². The van der Waals surface area contributed by atoms with Crippen molar-refractivity contribution < 1.29 is 14.0 Å². The molecular weight excluding hydrogens is 343 g/mol. The summed E-state index contributed by atoms with van der Waals surface area (Å²) in [6.45, 7) is 13.0. The van der Waals surface area contributed by atoms with Gasteiger partial charge >= 0.3 is 7.60 Å². The molecule has 1 aliphatic heterocycles. The van der Waals surface area contributed by atoms with Gasteiger partial charge in [0, 0.05) is 11.1 Å². The molecule has 1 atom stereocenters. The van der Waals surface area contributed by atoms with E-state index >= 15 is 0 Å². The van der Waals surface area contributed by atoms with Crippen LogP contribution in [-0.4, -0.2) is 4.89 Å². The highest BCUT2D eigenvalue weighted by Crippen LogP contribution is 2.54. The van der Waals surface area contributed by atoms with Gasteiger partial charge < -0.3 is 9.42 Å². The van der Waals surface area contributed by atoms with Crippen molar-refractivity contribution in [1.29, 1.82) is 0 Å². The maximum atomic E-state index is 13.2. The molecule has 0 spiro atoms. The van der Waals surface area contributed by atoms with Crippen LogP contribution in [0.1, 0.15) is 65.5 Å². The third kappa shape index (κ3) is 3.02. The molecule has 1 heterocycles. The van der Waals surface area contributed by atoms with Crippen molar-refractivity contribution in [3.8, 4) is 16.9 Å². The monoisotopic (exact) mass is 372 g/mol. The first kappa shape index (κ1) is 19.2. The van der Waals surface area contributed by atoms with Gasteiger partial charge in [0.05, 0.1) is 5.30 Å². The molecule has 26 heavy (non-hydrogen) atoms. The third-order valence-corrected chi connectivity index (χ3v) is 7.56. The van der Waals surface area contributed by atoms with E-state index in [0.717, 1.165) is 29.5 Å². The van der Waals surface area contributed by atoms with Gasteiger partial charge in [-0.2, -0.15) is 0 Å². The number of hydrogen-bond donors (Lipinski definition) is 1. The van der Waals surface area contributed by atoms with Crippen LogP contribution in [-0.2, 0) is 15.4 Å². The molecule has 2 aromatic rings. The Bertz CT molecular complexity index is 896. The van der Waals surface area contributed by atoms with Gasteiger partial charge in [0.2, 0.25) is 0 Å². The van der Waals surface area contributed by atoms with Crippen molar-refractivity contribution in [2.75, 3.05) is 0 Å². The molecular formula is C22H29O3P. The smallest absolute Gasteiger partial charge is 0.409 e. The standard InChI is InChI=1S/C22H29O3P/c1-7-21(3,4)15-13-17-16-11-9-10-12-19(16)25-26(23,24)20(17)18(14-15)22(5,6)8-2/h9-14H,7-8H2,1-6H3,(H,23,24). The average molecular weight is 372 g/mol. The van der Waals surface area contributed by atoms with Gasteiger partial charge in [0.25, 0.3) is 0 Å². The molecule has 4 heteroatoms. The minimum absolute atomic E-state index is 0.0136. The van der Waals surface area contributed by atoms with Crippen molar-refractivity contribution in [3.63, 3.8) is 0 Å². The molecule has 2 aromatic carbocycles. The van der Waals surface area contributed by atoms with Gasteiger partial charge in [0.15, 0.2) is 0 Å². The molecule has 1 aliphatic rings. The van der Waals surface area contributed by atoms with Crippen molar-refractivity contribution >= 4 is 12.9 Å². The topological polar surface area (TPSA) is 46.5 Å². The van der Waals surface area contributed by atoms with Crippen LogP contribution in [0.4, 0.5) is 0 Å². The lowest BCUT2D eigenvalue weighted by atomic mass is 9.75. The van der Waals surface area contributed by atoms with Gasteiger partial charge in [-0.1, -0.05) is 65.8 Å². The average Bonchev–Trinajstić information content (AvgIpc) is 2.60. The molecule has 0 fully saturated rings. The second-order valence-corrected chi connectivity index (χ2v) is 10.2. The summed E-state index contributed by atoms with van der Waals surface area (Å²) in [5, 5.41) is 0.471. The minimum atomic E-state index is -3.94. The van der Waals surface area contributed by atoms with Crippen LogP contribution < -0.4 is 9.83 Å². The first-order chi connectivity index (χ1) is 12.0. The highest BCUT2D eigenvalue weighted by Gasteiger charge is 2.41. The lowest BCUT2D eigenvalue weighted by Crippen LogP contribution is -2.31. The van der Waals surface area contributed by atoms with Crippen LogP contribution in [0.2, 0.25) is 0 Å². The maximum absolute atomic E-state index is 13.2. The Morgan fingerprint density at radius 3 is 2.19 bits per heavy atom. The van der Waals surface area contributed by atoms with Crippen LogP contribution >= 0.6 is 7.60 Å². The Labute approximate surface area is 157 Å². The van der Waals surface area contributed by atoms with E-state index in [1.807, 2.05) is 18.2 Å². The fourth-order valence-corrected chi connectivity index (χ4v) is 5.07. The zero-order valence-electron chi connectivity index (χ0n) is 16.6. The van der Waals surface area contributed by atoms with E-state index in [-0.39, 0.29) is 10.8 Å². The largest absolute Gasteiger partial charge is 0.421 e. The molecule has 3 rings (SSSR count). The van der Waals surface area contributed by atoms with Crippen LogP contribution in [0.3, 0.4) is 0 Å². The highest BCUT2D eigenvalue weighted by atomic mass is 31.2. The van der Waals surface area contributed by atoms with Crippen molar-refractivity contribution in [2.45, 2.75) is 65.2 Å². The highest BCUT2D eigenvalue weighted by molar-refractivity contribution is 7.62. The SMILES string of the molecule is CCC(C)(C)c1cc2c(c(C(C)(C)CC)c1)P(=O)(O)Oc1ccccc1-2. The normalized spacial score (nSPS) is 19.5. The molecule has 1 unspecified atom stereocenters. The lowest BCUT2D eigenvalue weighted by Gasteiger charge is -2.35. The van der Waals surface area contributed by atoms with Gasteiger partial charge in [-0.15, -0.1) is 0 Å². The zero-order chi connectivity index (χ0) is 19.3. The molecule has 0 saturated carbocycles. The summed E-state index contributed by atoms with van der Waals surface area (Å²) in [5.74, 6) is 0.484. The van der Waals surface area contributed by atoms with Gasteiger partial charge in [0.1, 0.15) is 5.75 Å². The summed E-state index contributed by atoms with van der Waals surface area (Å²) >= 11 is 0. The van der Waals surface area contributed by atoms with E-state index in [1.165, 1.54) is 5.56 Å². The zero-order valence-corrected chi connectivity index (χ0v) is 17.5. The molecule has 0 aliphatic carbocycles. The predicted molar refractivity (Wildman–Crippen MR) is 109 cm³/mol. The predicted octanol–water partition coefficient (Wildman–Crippen LogP) is 5.93. The Morgan fingerprint density at radius 2 is 1.58 bits per heavy atom. The first-order valence-electron chi connectivity index (χ1n) is 9.35. The Kier molecular flexibility index (Phi) is 4.61. The molecule has 1 N–H and O–H groups in total. The first-order valence-corrected chi connectivity index (χ1v) is 10.9. The van der Waals surface area contributed by atoms with E-state index in [0.29, 0.717) is 11.1 Å². The third-order valence-electron chi connectivity index (χ3n) is 6.07. The molecule has 3 nitrogen and oxygen atoms in total. The number of rotatable bonds is 4. The fourth-order valence-electron chi connectivity index (χ4n) is 3.39. The summed E-state index contributed by atoms with van der Waals surface area (Å²) in [7, 11) is -3.94. The summed E-state index contributed by atoms with van der Waals surface area (Å²) in [6, 6.07) is 11.7. The van der Waals surface area contributed by atoms with Crippen LogP contribution in [0.15, 0.2) is 36.4 Å². The minimum Gasteiger partial charge on any atom is -0.421 e. The van der Waals surface area contributed by atoms with E-state index in [2.05, 4.69) is 53.7 Å². The fraction of sp³-hybridized carbons (Fsp3) is 0.455. The quantitative estimate of drug-likeness (QED) is 0.677. The molecule has 140 valence electrons. The summed E-state index contributed by atoms with van der Waals surface area (Å²) in [6.07, 6.45) is 1.86. The van der Waals surface area contributed by atoms with Crippen LogP contribution in [0.25, 0.3) is 11.1 Å². The maximum Gasteiger partial charge on any atom is 0.409 e. The second-order valence-electron chi connectivity index (χ2n) is 8.50. The van der Waals surface area contributed by atoms with Crippen LogP contribution in [0.5, 0.6) is 5.75 Å². The Hall–Kier alpha value is -1.57. The van der Waals surface area contributed by atoms with Crippen LogP contribution in [0, 0.1) is 0 Å². The Balaban J connectivity index is 2.45. The van der Waals surface area contributed by atoms with E-state index in [4.69, 9.17) is 4.52 Å². The van der Waals surface area contributed by atoms with E-state index < -0.39 is 7.60 Å². The summed E-state index contributed by atoms with van der Waals surface area (Å²) in [4.78, 5) is 10.8. The van der Waals surface area contributed by atoms with E-state index in [1.54, 1.807) is 6.07 Å². The Morgan fingerprint density at radius 1 is 0.962 bits per heavy atom. The second kappa shape index (κ2) is 6.25. The molecule has 0 saturated heterocycles. The molecule has 0 aromatic heterocycles. The van der Waals surface area contributed by atoms with E-state index in [9.17, 15) is 9.46 Å². The van der Waals surface area contributed by atoms with Crippen molar-refractivity contribution in [2.24, 2.45) is 0 Å². The number of fused-ring (bicyclic) bond motifs is 3. The molecule has 0 radical (unpaired) electrons. The van der Waals surface area contributed by atoms with Gasteiger partial charge in [-0.3, -0.25) is 0 Å². The summed E-state index contributed by atoms with van der Waals surface area (Å²) in [5.41, 5.74) is 3.62. The molecule has 0 amide bonds.